The van der Waals surface area contributed by atoms with Gasteiger partial charge in [-0.1, -0.05) is 24.3 Å². The van der Waals surface area contributed by atoms with Gasteiger partial charge in [0.2, 0.25) is 0 Å². The Morgan fingerprint density at radius 2 is 0.975 bits per heavy atom. The van der Waals surface area contributed by atoms with Gasteiger partial charge in [-0.2, -0.15) is 0 Å². The lowest BCUT2D eigenvalue weighted by atomic mass is 9.99. The van der Waals surface area contributed by atoms with E-state index in [-0.39, 0.29) is 0 Å². The highest BCUT2D eigenvalue weighted by molar-refractivity contribution is 7.22. The molecule has 0 N–H and O–H groups in total. The molecule has 3 aromatic carbocycles. The Hall–Kier alpha value is -4.52. The maximum absolute atomic E-state index is 4.90. The summed E-state index contributed by atoms with van der Waals surface area (Å²) in [7, 11) is 0. The SMILES string of the molecule is Cc1ccc2nc(-c3cc4c(ccc5cc6c(ccc7sc(-c8cn9cc(C)ccc9n8)cc76)cc54)s3)cn2c1. The molecule has 6 aromatic heterocycles. The average molecular weight is 551 g/mol. The summed E-state index contributed by atoms with van der Waals surface area (Å²) in [5, 5.41) is 7.68. The van der Waals surface area contributed by atoms with Crippen LogP contribution in [0.4, 0.5) is 0 Å². The number of rotatable bonds is 2. The Morgan fingerprint density at radius 1 is 0.500 bits per heavy atom. The Morgan fingerprint density at radius 3 is 1.45 bits per heavy atom. The largest absolute Gasteiger partial charge is 0.306 e. The minimum atomic E-state index is 0.979. The van der Waals surface area contributed by atoms with Gasteiger partial charge in [0.25, 0.3) is 0 Å². The van der Waals surface area contributed by atoms with Gasteiger partial charge >= 0.3 is 0 Å². The van der Waals surface area contributed by atoms with E-state index in [1.807, 2.05) is 22.7 Å². The Kier molecular flexibility index (Phi) is 4.47. The molecular weight excluding hydrogens is 529 g/mol. The van der Waals surface area contributed by atoms with Crippen LogP contribution in [0.5, 0.6) is 0 Å². The molecule has 0 saturated heterocycles. The monoisotopic (exact) mass is 550 g/mol. The molecule has 0 saturated carbocycles. The molecule has 9 rings (SSSR count). The fourth-order valence-corrected chi connectivity index (χ4v) is 7.94. The zero-order chi connectivity index (χ0) is 26.5. The predicted molar refractivity (Wildman–Crippen MR) is 170 cm³/mol. The molecule has 0 atom stereocenters. The highest BCUT2D eigenvalue weighted by Gasteiger charge is 2.14. The van der Waals surface area contributed by atoms with Crippen LogP contribution in [0.3, 0.4) is 0 Å². The zero-order valence-corrected chi connectivity index (χ0v) is 23.5. The fourth-order valence-electron chi connectivity index (χ4n) is 5.88. The highest BCUT2D eigenvalue weighted by Crippen LogP contribution is 2.41. The van der Waals surface area contributed by atoms with Crippen molar-refractivity contribution in [3.05, 3.63) is 109 Å². The first kappa shape index (κ1) is 22.3. The van der Waals surface area contributed by atoms with Crippen LogP contribution < -0.4 is 0 Å². The third kappa shape index (κ3) is 3.30. The van der Waals surface area contributed by atoms with Crippen LogP contribution in [-0.2, 0) is 0 Å². The van der Waals surface area contributed by atoms with Crippen molar-refractivity contribution in [2.24, 2.45) is 0 Å². The summed E-state index contributed by atoms with van der Waals surface area (Å²) in [5.41, 5.74) is 6.46. The minimum Gasteiger partial charge on any atom is -0.306 e. The number of imidazole rings is 2. The molecule has 190 valence electrons. The number of hydrogen-bond donors (Lipinski definition) is 0. The number of aryl methyl sites for hydroxylation is 2. The van der Waals surface area contributed by atoms with Gasteiger partial charge in [0.1, 0.15) is 11.3 Å². The quantitative estimate of drug-likeness (QED) is 0.201. The molecule has 6 heteroatoms. The van der Waals surface area contributed by atoms with E-state index in [0.717, 1.165) is 22.7 Å². The van der Waals surface area contributed by atoms with E-state index in [1.54, 1.807) is 0 Å². The molecule has 40 heavy (non-hydrogen) atoms. The van der Waals surface area contributed by atoms with E-state index in [2.05, 4.69) is 120 Å². The number of benzene rings is 3. The van der Waals surface area contributed by atoms with E-state index < -0.39 is 0 Å². The number of hydrogen-bond acceptors (Lipinski definition) is 4. The molecule has 0 aliphatic carbocycles. The van der Waals surface area contributed by atoms with Crippen LogP contribution in [-0.4, -0.2) is 18.8 Å². The van der Waals surface area contributed by atoms with Crippen molar-refractivity contribution in [2.45, 2.75) is 13.8 Å². The van der Waals surface area contributed by atoms with Crippen molar-refractivity contribution in [3.8, 4) is 21.1 Å². The first-order valence-electron chi connectivity index (χ1n) is 13.3. The Bertz CT molecular complexity index is 2300. The van der Waals surface area contributed by atoms with Crippen LogP contribution >= 0.6 is 22.7 Å². The molecule has 4 nitrogen and oxygen atoms in total. The van der Waals surface area contributed by atoms with Gasteiger partial charge in [0.15, 0.2) is 0 Å². The molecule has 0 unspecified atom stereocenters. The third-order valence-corrected chi connectivity index (χ3v) is 10.1. The Labute approximate surface area is 237 Å². The predicted octanol–water partition coefficient (Wildman–Crippen LogP) is 9.67. The molecule has 0 aliphatic rings. The fraction of sp³-hybridized carbons (Fsp3) is 0.0588. The number of thiophene rings is 2. The van der Waals surface area contributed by atoms with Crippen LogP contribution in [0.15, 0.2) is 97.6 Å². The third-order valence-electron chi connectivity index (χ3n) is 7.85. The second-order valence-corrected chi connectivity index (χ2v) is 12.8. The molecule has 9 aromatic rings. The van der Waals surface area contributed by atoms with Crippen molar-refractivity contribution in [1.82, 2.24) is 18.8 Å². The van der Waals surface area contributed by atoms with Gasteiger partial charge in [0, 0.05) is 45.0 Å². The van der Waals surface area contributed by atoms with Crippen molar-refractivity contribution in [2.75, 3.05) is 0 Å². The summed E-state index contributed by atoms with van der Waals surface area (Å²) in [4.78, 5) is 12.2. The lowest BCUT2D eigenvalue weighted by Crippen LogP contribution is -1.82. The maximum Gasteiger partial charge on any atom is 0.137 e. The second kappa shape index (κ2) is 8.01. The molecule has 6 heterocycles. The molecule has 0 amide bonds. The van der Waals surface area contributed by atoms with E-state index in [4.69, 9.17) is 9.97 Å². The summed E-state index contributed by atoms with van der Waals surface area (Å²) in [6.45, 7) is 4.22. The lowest BCUT2D eigenvalue weighted by molar-refractivity contribution is 1.16. The van der Waals surface area contributed by atoms with Gasteiger partial charge < -0.3 is 8.80 Å². The summed E-state index contributed by atoms with van der Waals surface area (Å²) in [6, 6.07) is 26.8. The summed E-state index contributed by atoms with van der Waals surface area (Å²) in [5.74, 6) is 0. The maximum atomic E-state index is 4.90. The minimum absolute atomic E-state index is 0.979. The summed E-state index contributed by atoms with van der Waals surface area (Å²) in [6.07, 6.45) is 8.54. The molecule has 0 bridgehead atoms. The van der Waals surface area contributed by atoms with E-state index >= 15 is 0 Å². The standard InChI is InChI=1S/C34H22N4S2/c1-19-3-9-33-35-27(17-37(33)15-19)31-13-25-23-11-22-6-8-30-26(24(22)12-21(23)5-7-29(25)39-31)14-32(40-30)28-18-38-16-20(2)4-10-34(38)36-28/h3-18H,1-2H3. The first-order valence-corrected chi connectivity index (χ1v) is 14.9. The topological polar surface area (TPSA) is 34.6 Å². The van der Waals surface area contributed by atoms with Crippen LogP contribution in [0, 0.1) is 13.8 Å². The molecule has 0 aliphatic heterocycles. The van der Waals surface area contributed by atoms with Crippen molar-refractivity contribution in [3.63, 3.8) is 0 Å². The van der Waals surface area contributed by atoms with Gasteiger partial charge in [0.05, 0.1) is 21.1 Å². The van der Waals surface area contributed by atoms with Crippen molar-refractivity contribution in [1.29, 1.82) is 0 Å². The highest BCUT2D eigenvalue weighted by atomic mass is 32.1. The van der Waals surface area contributed by atoms with E-state index in [0.29, 0.717) is 0 Å². The van der Waals surface area contributed by atoms with Gasteiger partial charge in [-0.15, -0.1) is 22.7 Å². The lowest BCUT2D eigenvalue weighted by Gasteiger charge is -2.05. The first-order chi connectivity index (χ1) is 19.6. The average Bonchev–Trinajstić information content (AvgIpc) is 3.74. The van der Waals surface area contributed by atoms with Gasteiger partial charge in [-0.05, 0) is 95.1 Å². The van der Waals surface area contributed by atoms with Gasteiger partial charge in [-0.3, -0.25) is 0 Å². The molecule has 0 fully saturated rings. The molecule has 0 radical (unpaired) electrons. The number of pyridine rings is 2. The van der Waals surface area contributed by atoms with E-state index in [1.165, 1.54) is 62.6 Å². The summed E-state index contributed by atoms with van der Waals surface area (Å²) >= 11 is 3.63. The Balaban J connectivity index is 1.20. The summed E-state index contributed by atoms with van der Waals surface area (Å²) < 4.78 is 6.81. The van der Waals surface area contributed by atoms with Gasteiger partial charge in [-0.25, -0.2) is 9.97 Å². The van der Waals surface area contributed by atoms with Crippen LogP contribution in [0.25, 0.3) is 74.2 Å². The van der Waals surface area contributed by atoms with Crippen molar-refractivity contribution < 1.29 is 0 Å². The van der Waals surface area contributed by atoms with Crippen LogP contribution in [0.1, 0.15) is 11.1 Å². The number of fused-ring (bicyclic) bond motifs is 8. The normalized spacial score (nSPS) is 12.2. The van der Waals surface area contributed by atoms with E-state index in [9.17, 15) is 0 Å². The smallest absolute Gasteiger partial charge is 0.137 e. The van der Waals surface area contributed by atoms with Crippen LogP contribution in [0.2, 0.25) is 0 Å². The number of nitrogens with zero attached hydrogens (tertiary/aromatic N) is 4. The molecule has 0 spiro atoms. The molecular formula is C34H22N4S2. The number of aromatic nitrogens is 4. The van der Waals surface area contributed by atoms with Crippen molar-refractivity contribution >= 4 is 75.7 Å². The second-order valence-electron chi connectivity index (χ2n) is 10.7. The zero-order valence-electron chi connectivity index (χ0n) is 21.8.